The Bertz CT molecular complexity index is 882. The van der Waals surface area contributed by atoms with E-state index in [0.29, 0.717) is 17.3 Å². The van der Waals surface area contributed by atoms with Gasteiger partial charge < -0.3 is 14.5 Å². The molecule has 1 aromatic carbocycles. The average Bonchev–Trinajstić information content (AvgIpc) is 3.11. The van der Waals surface area contributed by atoms with Crippen molar-refractivity contribution in [2.24, 2.45) is 0 Å². The average molecular weight is 385 g/mol. The van der Waals surface area contributed by atoms with E-state index in [1.165, 1.54) is 6.26 Å². The first-order valence-corrected chi connectivity index (χ1v) is 9.52. The van der Waals surface area contributed by atoms with Crippen LogP contribution in [0.3, 0.4) is 0 Å². The first-order valence-electron chi connectivity index (χ1n) is 9.52. The zero-order valence-corrected chi connectivity index (χ0v) is 17.0. The van der Waals surface area contributed by atoms with Crippen LogP contribution >= 0.6 is 0 Å². The third kappa shape index (κ3) is 4.18. The minimum Gasteiger partial charge on any atom is -0.482 e. The smallest absolute Gasteiger partial charge is 0.273 e. The molecule has 1 aromatic heterocycles. The second-order valence-corrected chi connectivity index (χ2v) is 8.11. The van der Waals surface area contributed by atoms with Gasteiger partial charge in [-0.2, -0.15) is 0 Å². The van der Waals surface area contributed by atoms with Crippen LogP contribution in [-0.4, -0.2) is 29.4 Å². The molecular weight excluding hydrogens is 358 g/mol. The highest BCUT2D eigenvalue weighted by atomic mass is 16.5. The summed E-state index contributed by atoms with van der Waals surface area (Å²) in [6, 6.07) is 5.91. The maximum atomic E-state index is 12.5. The number of nitrogens with one attached hydrogen (secondary N) is 1. The number of hydrogen-bond acceptors (Lipinski definition) is 5. The number of carbonyl (C=O) groups is 2. The van der Waals surface area contributed by atoms with Gasteiger partial charge in [-0.1, -0.05) is 33.8 Å². The SMILES string of the molecule is CC[C@@H](C)NC(=O)c1coc(CN2C(=O)COc3ccc(C(C)(C)C)cc32)n1. The minimum absolute atomic E-state index is 0.0378. The Morgan fingerprint density at radius 2 is 2.11 bits per heavy atom. The Morgan fingerprint density at radius 3 is 2.79 bits per heavy atom. The maximum absolute atomic E-state index is 12.5. The molecule has 0 radical (unpaired) electrons. The first kappa shape index (κ1) is 19.9. The van der Waals surface area contributed by atoms with Gasteiger partial charge in [0, 0.05) is 6.04 Å². The lowest BCUT2D eigenvalue weighted by molar-refractivity contribution is -0.121. The maximum Gasteiger partial charge on any atom is 0.273 e. The molecule has 1 atom stereocenters. The molecule has 1 aliphatic rings. The van der Waals surface area contributed by atoms with Crippen molar-refractivity contribution in [3.05, 3.63) is 41.6 Å². The predicted octanol–water partition coefficient (Wildman–Crippen LogP) is 3.43. The molecule has 150 valence electrons. The zero-order chi connectivity index (χ0) is 20.5. The van der Waals surface area contributed by atoms with Crippen molar-refractivity contribution >= 4 is 17.5 Å². The molecule has 3 rings (SSSR count). The molecule has 0 bridgehead atoms. The Kier molecular flexibility index (Phi) is 5.45. The fraction of sp³-hybridized carbons (Fsp3) is 0.476. The highest BCUT2D eigenvalue weighted by Gasteiger charge is 2.29. The van der Waals surface area contributed by atoms with Gasteiger partial charge in [-0.3, -0.25) is 14.5 Å². The van der Waals surface area contributed by atoms with E-state index in [4.69, 9.17) is 9.15 Å². The number of rotatable bonds is 5. The lowest BCUT2D eigenvalue weighted by atomic mass is 9.86. The summed E-state index contributed by atoms with van der Waals surface area (Å²) in [7, 11) is 0. The van der Waals surface area contributed by atoms with Crippen LogP contribution in [0, 0.1) is 0 Å². The lowest BCUT2D eigenvalue weighted by Gasteiger charge is -2.30. The molecule has 0 aliphatic carbocycles. The Hall–Kier alpha value is -2.83. The van der Waals surface area contributed by atoms with Crippen molar-refractivity contribution in [3.8, 4) is 5.75 Å². The van der Waals surface area contributed by atoms with E-state index < -0.39 is 0 Å². The lowest BCUT2D eigenvalue weighted by Crippen LogP contribution is -2.38. The van der Waals surface area contributed by atoms with E-state index in [2.05, 4.69) is 31.1 Å². The second-order valence-electron chi connectivity index (χ2n) is 8.11. The molecule has 0 saturated heterocycles. The van der Waals surface area contributed by atoms with Crippen LogP contribution in [0.4, 0.5) is 5.69 Å². The van der Waals surface area contributed by atoms with Crippen LogP contribution in [0.1, 0.15) is 63.0 Å². The number of benzene rings is 1. The van der Waals surface area contributed by atoms with Crippen molar-refractivity contribution in [2.45, 2.75) is 59.0 Å². The molecule has 0 spiro atoms. The van der Waals surface area contributed by atoms with Crippen LogP contribution in [0.2, 0.25) is 0 Å². The molecule has 28 heavy (non-hydrogen) atoms. The van der Waals surface area contributed by atoms with Gasteiger partial charge >= 0.3 is 0 Å². The molecule has 2 aromatic rings. The number of aromatic nitrogens is 1. The van der Waals surface area contributed by atoms with Gasteiger partial charge in [-0.25, -0.2) is 4.98 Å². The van der Waals surface area contributed by atoms with Crippen LogP contribution < -0.4 is 15.0 Å². The summed E-state index contributed by atoms with van der Waals surface area (Å²) in [6.45, 7) is 10.4. The van der Waals surface area contributed by atoms with E-state index in [0.717, 1.165) is 12.0 Å². The van der Waals surface area contributed by atoms with Gasteiger partial charge in [0.1, 0.15) is 18.6 Å². The molecule has 1 aliphatic heterocycles. The molecule has 2 amide bonds. The van der Waals surface area contributed by atoms with Crippen molar-refractivity contribution in [1.29, 1.82) is 0 Å². The standard InChI is InChI=1S/C21H27N3O4/c1-6-13(2)22-20(26)15-11-28-18(23-15)10-24-16-9-14(21(3,4)5)7-8-17(16)27-12-19(24)25/h7-9,11,13H,6,10,12H2,1-5H3,(H,22,26)/t13-/m1/s1. The monoisotopic (exact) mass is 385 g/mol. The summed E-state index contributed by atoms with van der Waals surface area (Å²) in [6.07, 6.45) is 2.15. The summed E-state index contributed by atoms with van der Waals surface area (Å²) in [5, 5.41) is 2.85. The topological polar surface area (TPSA) is 84.7 Å². The third-order valence-electron chi connectivity index (χ3n) is 4.84. The molecule has 1 N–H and O–H groups in total. The van der Waals surface area contributed by atoms with Gasteiger partial charge in [0.15, 0.2) is 12.3 Å². The van der Waals surface area contributed by atoms with E-state index in [1.807, 2.05) is 32.0 Å². The fourth-order valence-corrected chi connectivity index (χ4v) is 2.86. The van der Waals surface area contributed by atoms with Crippen LogP contribution in [0.5, 0.6) is 5.75 Å². The molecule has 7 nitrogen and oxygen atoms in total. The Balaban J connectivity index is 1.84. The summed E-state index contributed by atoms with van der Waals surface area (Å²) in [5.74, 6) is 0.487. The van der Waals surface area contributed by atoms with E-state index in [1.54, 1.807) is 4.90 Å². The molecule has 2 heterocycles. The number of hydrogen-bond donors (Lipinski definition) is 1. The van der Waals surface area contributed by atoms with Crippen molar-refractivity contribution in [2.75, 3.05) is 11.5 Å². The quantitative estimate of drug-likeness (QED) is 0.852. The van der Waals surface area contributed by atoms with Crippen LogP contribution in [-0.2, 0) is 16.8 Å². The summed E-state index contributed by atoms with van der Waals surface area (Å²) >= 11 is 0. The number of carbonyl (C=O) groups excluding carboxylic acids is 2. The van der Waals surface area contributed by atoms with Gasteiger partial charge in [0.25, 0.3) is 11.8 Å². The fourth-order valence-electron chi connectivity index (χ4n) is 2.86. The summed E-state index contributed by atoms with van der Waals surface area (Å²) < 4.78 is 11.0. The highest BCUT2D eigenvalue weighted by Crippen LogP contribution is 2.37. The molecule has 0 saturated carbocycles. The Morgan fingerprint density at radius 1 is 1.36 bits per heavy atom. The first-order chi connectivity index (χ1) is 13.2. The molecule has 0 unspecified atom stereocenters. The third-order valence-corrected chi connectivity index (χ3v) is 4.84. The summed E-state index contributed by atoms with van der Waals surface area (Å²) in [4.78, 5) is 30.6. The number of anilines is 1. The highest BCUT2D eigenvalue weighted by molar-refractivity contribution is 5.98. The Labute approximate surface area is 165 Å². The van der Waals surface area contributed by atoms with Gasteiger partial charge in [0.05, 0.1) is 5.69 Å². The molecule has 0 fully saturated rings. The van der Waals surface area contributed by atoms with Gasteiger partial charge in [-0.05, 0) is 36.5 Å². The number of ether oxygens (including phenoxy) is 1. The van der Waals surface area contributed by atoms with E-state index in [9.17, 15) is 9.59 Å². The van der Waals surface area contributed by atoms with Crippen molar-refractivity contribution in [3.63, 3.8) is 0 Å². The summed E-state index contributed by atoms with van der Waals surface area (Å²) in [5.41, 5.74) is 1.92. The largest absolute Gasteiger partial charge is 0.482 e. The molecular formula is C21H27N3O4. The number of oxazole rings is 1. The van der Waals surface area contributed by atoms with Crippen molar-refractivity contribution in [1.82, 2.24) is 10.3 Å². The van der Waals surface area contributed by atoms with Crippen LogP contribution in [0.15, 0.2) is 28.9 Å². The normalized spacial score (nSPS) is 15.0. The number of amides is 2. The molecule has 7 heteroatoms. The van der Waals surface area contributed by atoms with Crippen molar-refractivity contribution < 1.29 is 18.7 Å². The number of nitrogens with zero attached hydrogens (tertiary/aromatic N) is 2. The number of fused-ring (bicyclic) bond motifs is 1. The second kappa shape index (κ2) is 7.66. The van der Waals surface area contributed by atoms with E-state index >= 15 is 0 Å². The predicted molar refractivity (Wildman–Crippen MR) is 106 cm³/mol. The van der Waals surface area contributed by atoms with Crippen LogP contribution in [0.25, 0.3) is 0 Å². The van der Waals surface area contributed by atoms with E-state index in [-0.39, 0.29) is 42.1 Å². The minimum atomic E-state index is -0.284. The van der Waals surface area contributed by atoms with Gasteiger partial charge in [-0.15, -0.1) is 0 Å². The zero-order valence-electron chi connectivity index (χ0n) is 17.0. The van der Waals surface area contributed by atoms with Gasteiger partial charge in [0.2, 0.25) is 5.89 Å².